The van der Waals surface area contributed by atoms with Gasteiger partial charge in [0, 0.05) is 32.7 Å². The number of amides is 1. The molecular formula is C23H28FN3O3S. The monoisotopic (exact) mass is 445 g/mol. The number of carbonyl (C=O) groups excluding carboxylic acids is 1. The van der Waals surface area contributed by atoms with Crippen molar-refractivity contribution < 1.29 is 17.6 Å². The van der Waals surface area contributed by atoms with Gasteiger partial charge in [-0.05, 0) is 49.6 Å². The molecule has 1 atom stereocenters. The molecule has 2 aromatic rings. The van der Waals surface area contributed by atoms with E-state index < -0.39 is 10.0 Å². The quantitative estimate of drug-likeness (QED) is 0.710. The largest absolute Gasteiger partial charge is 0.335 e. The lowest BCUT2D eigenvalue weighted by Gasteiger charge is -2.35. The van der Waals surface area contributed by atoms with Crippen molar-refractivity contribution in [3.8, 4) is 0 Å². The molecular weight excluding hydrogens is 417 g/mol. The zero-order valence-electron chi connectivity index (χ0n) is 17.7. The van der Waals surface area contributed by atoms with E-state index in [4.69, 9.17) is 0 Å². The van der Waals surface area contributed by atoms with Gasteiger partial charge in [0.2, 0.25) is 15.9 Å². The second-order valence-electron chi connectivity index (χ2n) is 8.29. The number of hydrogen-bond acceptors (Lipinski definition) is 4. The number of benzene rings is 2. The van der Waals surface area contributed by atoms with Crippen LogP contribution in [0.3, 0.4) is 0 Å². The standard InChI is InChI=1S/C23H28FN3O3S/c1-18-4-10-21(11-5-18)31(29,30)26-15-13-25(14-16-26)17-23(28)27-12-2-3-22(27)19-6-8-20(24)9-7-19/h4-11,22H,2-3,12-17H2,1H3. The van der Waals surface area contributed by atoms with E-state index in [1.807, 2.05) is 16.7 Å². The van der Waals surface area contributed by atoms with E-state index in [-0.39, 0.29) is 24.3 Å². The molecule has 1 amide bonds. The van der Waals surface area contributed by atoms with Crippen molar-refractivity contribution in [3.63, 3.8) is 0 Å². The molecule has 2 heterocycles. The maximum atomic E-state index is 13.2. The minimum absolute atomic E-state index is 0.0173. The normalized spacial score (nSPS) is 20.8. The third kappa shape index (κ3) is 4.81. The molecule has 31 heavy (non-hydrogen) atoms. The third-order valence-electron chi connectivity index (χ3n) is 6.18. The summed E-state index contributed by atoms with van der Waals surface area (Å²) in [6.45, 7) is 4.67. The predicted molar refractivity (Wildman–Crippen MR) is 116 cm³/mol. The molecule has 2 aliphatic rings. The summed E-state index contributed by atoms with van der Waals surface area (Å²) < 4.78 is 40.5. The molecule has 2 fully saturated rings. The van der Waals surface area contributed by atoms with Gasteiger partial charge in [-0.1, -0.05) is 29.8 Å². The van der Waals surface area contributed by atoms with Gasteiger partial charge in [-0.15, -0.1) is 0 Å². The molecule has 6 nitrogen and oxygen atoms in total. The van der Waals surface area contributed by atoms with Crippen molar-refractivity contribution in [1.82, 2.24) is 14.1 Å². The Bertz CT molecular complexity index is 1020. The van der Waals surface area contributed by atoms with Gasteiger partial charge in [0.1, 0.15) is 5.82 Å². The molecule has 1 unspecified atom stereocenters. The van der Waals surface area contributed by atoms with Crippen molar-refractivity contribution in [3.05, 3.63) is 65.5 Å². The van der Waals surface area contributed by atoms with Crippen molar-refractivity contribution in [2.24, 2.45) is 0 Å². The smallest absolute Gasteiger partial charge is 0.243 e. The number of rotatable bonds is 5. The Morgan fingerprint density at radius 3 is 2.26 bits per heavy atom. The number of hydrogen-bond donors (Lipinski definition) is 0. The first-order valence-corrected chi connectivity index (χ1v) is 12.1. The highest BCUT2D eigenvalue weighted by Gasteiger charge is 2.33. The molecule has 0 aromatic heterocycles. The summed E-state index contributed by atoms with van der Waals surface area (Å²) >= 11 is 0. The lowest BCUT2D eigenvalue weighted by atomic mass is 10.0. The zero-order chi connectivity index (χ0) is 22.0. The topological polar surface area (TPSA) is 60.9 Å². The van der Waals surface area contributed by atoms with E-state index in [9.17, 15) is 17.6 Å². The van der Waals surface area contributed by atoms with Crippen LogP contribution in [0.5, 0.6) is 0 Å². The Morgan fingerprint density at radius 2 is 1.61 bits per heavy atom. The number of carbonyl (C=O) groups is 1. The van der Waals surface area contributed by atoms with Gasteiger partial charge >= 0.3 is 0 Å². The van der Waals surface area contributed by atoms with Crippen LogP contribution in [-0.2, 0) is 14.8 Å². The highest BCUT2D eigenvalue weighted by molar-refractivity contribution is 7.89. The maximum absolute atomic E-state index is 13.2. The maximum Gasteiger partial charge on any atom is 0.243 e. The second-order valence-corrected chi connectivity index (χ2v) is 10.2. The summed E-state index contributed by atoms with van der Waals surface area (Å²) in [5.74, 6) is -0.236. The van der Waals surface area contributed by atoms with Gasteiger partial charge in [-0.3, -0.25) is 9.69 Å². The van der Waals surface area contributed by atoms with Gasteiger partial charge in [-0.2, -0.15) is 4.31 Å². The summed E-state index contributed by atoms with van der Waals surface area (Å²) in [6.07, 6.45) is 1.80. The van der Waals surface area contributed by atoms with Crippen LogP contribution in [0.4, 0.5) is 4.39 Å². The third-order valence-corrected chi connectivity index (χ3v) is 8.09. The fourth-order valence-electron chi connectivity index (χ4n) is 4.37. The van der Waals surface area contributed by atoms with Crippen LogP contribution in [0.25, 0.3) is 0 Å². The molecule has 166 valence electrons. The minimum Gasteiger partial charge on any atom is -0.335 e. The van der Waals surface area contributed by atoms with Crippen LogP contribution in [0.1, 0.15) is 30.0 Å². The minimum atomic E-state index is -3.51. The fraction of sp³-hybridized carbons (Fsp3) is 0.435. The van der Waals surface area contributed by atoms with Crippen molar-refractivity contribution in [1.29, 1.82) is 0 Å². The van der Waals surface area contributed by atoms with Crippen molar-refractivity contribution in [2.75, 3.05) is 39.3 Å². The lowest BCUT2D eigenvalue weighted by molar-refractivity contribution is -0.133. The Hall–Kier alpha value is -2.29. The average Bonchev–Trinajstić information content (AvgIpc) is 3.25. The fourth-order valence-corrected chi connectivity index (χ4v) is 5.79. The van der Waals surface area contributed by atoms with E-state index in [2.05, 4.69) is 0 Å². The molecule has 0 spiro atoms. The Morgan fingerprint density at radius 1 is 0.968 bits per heavy atom. The molecule has 0 bridgehead atoms. The molecule has 0 N–H and O–H groups in total. The van der Waals surface area contributed by atoms with Crippen LogP contribution in [-0.4, -0.2) is 67.7 Å². The van der Waals surface area contributed by atoms with Gasteiger partial charge < -0.3 is 4.90 Å². The van der Waals surface area contributed by atoms with E-state index in [1.54, 1.807) is 36.4 Å². The van der Waals surface area contributed by atoms with E-state index in [0.29, 0.717) is 37.6 Å². The Labute approximate surface area is 183 Å². The Balaban J connectivity index is 1.34. The molecule has 0 saturated carbocycles. The van der Waals surface area contributed by atoms with E-state index >= 15 is 0 Å². The summed E-state index contributed by atoms with van der Waals surface area (Å²) in [5.41, 5.74) is 1.98. The van der Waals surface area contributed by atoms with Crippen LogP contribution in [0.2, 0.25) is 0 Å². The molecule has 2 aliphatic heterocycles. The van der Waals surface area contributed by atoms with Gasteiger partial charge in [0.05, 0.1) is 17.5 Å². The Kier molecular flexibility index (Phi) is 6.41. The van der Waals surface area contributed by atoms with Crippen LogP contribution >= 0.6 is 0 Å². The number of sulfonamides is 1. The van der Waals surface area contributed by atoms with Crippen LogP contribution in [0.15, 0.2) is 53.4 Å². The van der Waals surface area contributed by atoms with Crippen LogP contribution in [0, 0.1) is 12.7 Å². The highest BCUT2D eigenvalue weighted by atomic mass is 32.2. The van der Waals surface area contributed by atoms with E-state index in [1.165, 1.54) is 16.4 Å². The first-order valence-electron chi connectivity index (χ1n) is 10.7. The van der Waals surface area contributed by atoms with Crippen molar-refractivity contribution in [2.45, 2.75) is 30.7 Å². The van der Waals surface area contributed by atoms with Gasteiger partial charge in [0.15, 0.2) is 0 Å². The van der Waals surface area contributed by atoms with Gasteiger partial charge in [-0.25, -0.2) is 12.8 Å². The molecule has 2 saturated heterocycles. The SMILES string of the molecule is Cc1ccc(S(=O)(=O)N2CCN(CC(=O)N3CCCC3c3ccc(F)cc3)CC2)cc1. The van der Waals surface area contributed by atoms with Crippen molar-refractivity contribution >= 4 is 15.9 Å². The molecule has 2 aromatic carbocycles. The predicted octanol–water partition coefficient (Wildman–Crippen LogP) is 2.80. The molecule has 8 heteroatoms. The summed E-state index contributed by atoms with van der Waals surface area (Å²) in [5, 5.41) is 0. The lowest BCUT2D eigenvalue weighted by Crippen LogP contribution is -2.51. The van der Waals surface area contributed by atoms with E-state index in [0.717, 1.165) is 24.0 Å². The number of halogens is 1. The molecule has 0 radical (unpaired) electrons. The average molecular weight is 446 g/mol. The second kappa shape index (κ2) is 9.06. The summed E-state index contributed by atoms with van der Waals surface area (Å²) in [4.78, 5) is 17.2. The number of likely N-dealkylation sites (tertiary alicyclic amines) is 1. The zero-order valence-corrected chi connectivity index (χ0v) is 18.5. The molecule has 0 aliphatic carbocycles. The first kappa shape index (κ1) is 21.9. The highest BCUT2D eigenvalue weighted by Crippen LogP contribution is 2.32. The molecule has 4 rings (SSSR count). The van der Waals surface area contributed by atoms with Gasteiger partial charge in [0.25, 0.3) is 0 Å². The number of nitrogens with zero attached hydrogens (tertiary/aromatic N) is 3. The first-order chi connectivity index (χ1) is 14.8. The van der Waals surface area contributed by atoms with Crippen LogP contribution < -0.4 is 0 Å². The number of piperazine rings is 1. The summed E-state index contributed by atoms with van der Waals surface area (Å²) in [7, 11) is -3.51. The summed E-state index contributed by atoms with van der Waals surface area (Å²) in [6, 6.07) is 13.2. The number of aryl methyl sites for hydroxylation is 1.